The summed E-state index contributed by atoms with van der Waals surface area (Å²) in [6.07, 6.45) is 4.38. The summed E-state index contributed by atoms with van der Waals surface area (Å²) in [6.45, 7) is 2.60. The van der Waals surface area contributed by atoms with E-state index in [9.17, 15) is 14.7 Å². The maximum absolute atomic E-state index is 11.9. The Bertz CT molecular complexity index is 664. The summed E-state index contributed by atoms with van der Waals surface area (Å²) < 4.78 is 10.3. The Kier molecular flexibility index (Phi) is 7.07. The van der Waals surface area contributed by atoms with E-state index in [-0.39, 0.29) is 12.5 Å². The van der Waals surface area contributed by atoms with Crippen LogP contribution in [-0.4, -0.2) is 30.1 Å². The van der Waals surface area contributed by atoms with Crippen LogP contribution in [0.3, 0.4) is 0 Å². The van der Waals surface area contributed by atoms with Gasteiger partial charge in [0.1, 0.15) is 5.75 Å². The second kappa shape index (κ2) is 9.52. The van der Waals surface area contributed by atoms with Gasteiger partial charge in [-0.1, -0.05) is 12.1 Å². The lowest BCUT2D eigenvalue weighted by Crippen LogP contribution is -2.34. The van der Waals surface area contributed by atoms with Crippen LogP contribution in [0.5, 0.6) is 5.75 Å². The molecule has 0 radical (unpaired) electrons. The van der Waals surface area contributed by atoms with Gasteiger partial charge >= 0.3 is 5.97 Å². The van der Waals surface area contributed by atoms with Crippen LogP contribution in [0.2, 0.25) is 0 Å². The molecule has 1 aromatic heterocycles. The molecule has 2 aromatic rings. The van der Waals surface area contributed by atoms with Gasteiger partial charge in [0.15, 0.2) is 0 Å². The lowest BCUT2D eigenvalue weighted by atomic mass is 9.99. The average Bonchev–Trinajstić information content (AvgIpc) is 3.11. The number of ether oxygens (including phenoxy) is 1. The number of hydrogen-bond acceptors (Lipinski definition) is 4. The molecule has 0 fully saturated rings. The molecule has 0 aliphatic heterocycles. The van der Waals surface area contributed by atoms with Crippen molar-refractivity contribution in [2.75, 3.05) is 13.2 Å². The van der Waals surface area contributed by atoms with Crippen LogP contribution in [0.25, 0.3) is 0 Å². The summed E-state index contributed by atoms with van der Waals surface area (Å²) in [5.74, 6) is -1.01. The van der Waals surface area contributed by atoms with Crippen LogP contribution in [0.4, 0.5) is 0 Å². The molecule has 1 unspecified atom stereocenters. The SMILES string of the molecule is CCOc1ccc(CC(CNC(=O)CCc2ccoc2)C(=O)O)cc1. The summed E-state index contributed by atoms with van der Waals surface area (Å²) in [5.41, 5.74) is 1.84. The Morgan fingerprint density at radius 2 is 1.96 bits per heavy atom. The van der Waals surface area contributed by atoms with Gasteiger partial charge in [0.25, 0.3) is 0 Å². The first-order valence-electron chi connectivity index (χ1n) is 8.30. The van der Waals surface area contributed by atoms with Gasteiger partial charge in [0.2, 0.25) is 5.91 Å². The maximum Gasteiger partial charge on any atom is 0.308 e. The second-order valence-corrected chi connectivity index (χ2v) is 5.75. The predicted molar refractivity (Wildman–Crippen MR) is 92.5 cm³/mol. The van der Waals surface area contributed by atoms with Crippen molar-refractivity contribution in [2.24, 2.45) is 5.92 Å². The van der Waals surface area contributed by atoms with Crippen LogP contribution >= 0.6 is 0 Å². The second-order valence-electron chi connectivity index (χ2n) is 5.75. The molecule has 0 aliphatic carbocycles. The van der Waals surface area contributed by atoms with Gasteiger partial charge in [-0.25, -0.2) is 0 Å². The lowest BCUT2D eigenvalue weighted by Gasteiger charge is -2.14. The fraction of sp³-hybridized carbons (Fsp3) is 0.368. The van der Waals surface area contributed by atoms with Crippen LogP contribution in [-0.2, 0) is 22.4 Å². The van der Waals surface area contributed by atoms with E-state index in [0.29, 0.717) is 25.9 Å². The van der Waals surface area contributed by atoms with Gasteiger partial charge in [-0.05, 0) is 49.1 Å². The molecule has 0 saturated carbocycles. The van der Waals surface area contributed by atoms with Gasteiger partial charge in [-0.15, -0.1) is 0 Å². The van der Waals surface area contributed by atoms with Crippen LogP contribution in [0.15, 0.2) is 47.3 Å². The molecule has 134 valence electrons. The predicted octanol–water partition coefficient (Wildman–Crippen LogP) is 2.67. The topological polar surface area (TPSA) is 88.8 Å². The number of aliphatic carboxylic acids is 1. The van der Waals surface area contributed by atoms with Crippen molar-refractivity contribution in [2.45, 2.75) is 26.2 Å². The lowest BCUT2D eigenvalue weighted by molar-refractivity contribution is -0.141. The van der Waals surface area contributed by atoms with E-state index in [1.807, 2.05) is 31.2 Å². The monoisotopic (exact) mass is 345 g/mol. The summed E-state index contributed by atoms with van der Waals surface area (Å²) in [7, 11) is 0. The molecular formula is C19H23NO5. The first kappa shape index (κ1) is 18.6. The molecule has 1 aromatic carbocycles. The number of benzene rings is 1. The zero-order valence-corrected chi connectivity index (χ0v) is 14.2. The Hall–Kier alpha value is -2.76. The third-order valence-corrected chi connectivity index (χ3v) is 3.83. The minimum atomic E-state index is -0.927. The van der Waals surface area contributed by atoms with E-state index in [1.54, 1.807) is 18.6 Å². The van der Waals surface area contributed by atoms with Crippen molar-refractivity contribution in [3.63, 3.8) is 0 Å². The number of nitrogens with one attached hydrogen (secondary N) is 1. The Balaban J connectivity index is 1.81. The summed E-state index contributed by atoms with van der Waals surface area (Å²) in [6, 6.07) is 9.14. The highest BCUT2D eigenvalue weighted by Crippen LogP contribution is 2.15. The highest BCUT2D eigenvalue weighted by atomic mass is 16.5. The highest BCUT2D eigenvalue weighted by Gasteiger charge is 2.19. The van der Waals surface area contributed by atoms with Gasteiger partial charge in [-0.3, -0.25) is 9.59 Å². The molecule has 1 heterocycles. The summed E-state index contributed by atoms with van der Waals surface area (Å²) in [4.78, 5) is 23.3. The molecule has 25 heavy (non-hydrogen) atoms. The van der Waals surface area contributed by atoms with Crippen molar-refractivity contribution in [3.8, 4) is 5.75 Å². The smallest absolute Gasteiger partial charge is 0.308 e. The molecule has 2 N–H and O–H groups in total. The molecule has 6 nitrogen and oxygen atoms in total. The van der Waals surface area contributed by atoms with E-state index >= 15 is 0 Å². The summed E-state index contributed by atoms with van der Waals surface area (Å²) in [5, 5.41) is 12.1. The maximum atomic E-state index is 11.9. The number of rotatable bonds is 10. The Morgan fingerprint density at radius 1 is 1.20 bits per heavy atom. The highest BCUT2D eigenvalue weighted by molar-refractivity contribution is 5.77. The third kappa shape index (κ3) is 6.33. The Morgan fingerprint density at radius 3 is 2.56 bits per heavy atom. The molecule has 2 rings (SSSR count). The van der Waals surface area contributed by atoms with Gasteiger partial charge in [0, 0.05) is 13.0 Å². The van der Waals surface area contributed by atoms with Crippen LogP contribution in [0, 0.1) is 5.92 Å². The minimum Gasteiger partial charge on any atom is -0.494 e. The molecule has 0 spiro atoms. The zero-order valence-electron chi connectivity index (χ0n) is 14.2. The standard InChI is InChI=1S/C19H23NO5/c1-2-25-17-6-3-14(4-7-17)11-16(19(22)23)12-20-18(21)8-5-15-9-10-24-13-15/h3-4,6-7,9-10,13,16H,2,5,8,11-12H2,1H3,(H,20,21)(H,22,23). The van der Waals surface area contributed by atoms with E-state index in [1.165, 1.54) is 0 Å². The van der Waals surface area contributed by atoms with E-state index in [4.69, 9.17) is 9.15 Å². The van der Waals surface area contributed by atoms with Crippen LogP contribution in [0.1, 0.15) is 24.5 Å². The number of amides is 1. The van der Waals surface area contributed by atoms with Crippen LogP contribution < -0.4 is 10.1 Å². The molecule has 0 saturated heterocycles. The number of furan rings is 1. The van der Waals surface area contributed by atoms with Crippen molar-refractivity contribution >= 4 is 11.9 Å². The zero-order chi connectivity index (χ0) is 18.1. The average molecular weight is 345 g/mol. The quantitative estimate of drug-likeness (QED) is 0.691. The minimum absolute atomic E-state index is 0.104. The molecular weight excluding hydrogens is 322 g/mol. The largest absolute Gasteiger partial charge is 0.494 e. The fourth-order valence-electron chi connectivity index (χ4n) is 2.44. The molecule has 0 bridgehead atoms. The van der Waals surface area contributed by atoms with Crippen molar-refractivity contribution in [1.29, 1.82) is 0 Å². The van der Waals surface area contributed by atoms with Crippen molar-refractivity contribution < 1.29 is 23.8 Å². The summed E-state index contributed by atoms with van der Waals surface area (Å²) >= 11 is 0. The number of carboxylic acids is 1. The Labute approximate surface area is 146 Å². The van der Waals surface area contributed by atoms with E-state index in [0.717, 1.165) is 16.9 Å². The molecule has 1 atom stereocenters. The number of carbonyl (C=O) groups excluding carboxylic acids is 1. The first-order valence-corrected chi connectivity index (χ1v) is 8.30. The van der Waals surface area contributed by atoms with Crippen molar-refractivity contribution in [3.05, 3.63) is 54.0 Å². The number of carboxylic acid groups (broad SMARTS) is 1. The molecule has 6 heteroatoms. The first-order chi connectivity index (χ1) is 12.1. The van der Waals surface area contributed by atoms with Crippen molar-refractivity contribution in [1.82, 2.24) is 5.32 Å². The van der Waals surface area contributed by atoms with Gasteiger partial charge < -0.3 is 19.6 Å². The third-order valence-electron chi connectivity index (χ3n) is 3.83. The van der Waals surface area contributed by atoms with Gasteiger partial charge in [0.05, 0.1) is 25.1 Å². The molecule has 1 amide bonds. The number of aryl methyl sites for hydroxylation is 1. The number of carbonyl (C=O) groups is 2. The number of hydrogen-bond donors (Lipinski definition) is 2. The van der Waals surface area contributed by atoms with E-state index in [2.05, 4.69) is 5.32 Å². The molecule has 0 aliphatic rings. The van der Waals surface area contributed by atoms with E-state index < -0.39 is 11.9 Å². The normalized spacial score (nSPS) is 11.7. The van der Waals surface area contributed by atoms with Gasteiger partial charge in [-0.2, -0.15) is 0 Å². The fourth-order valence-corrected chi connectivity index (χ4v) is 2.44.